The lowest BCUT2D eigenvalue weighted by Gasteiger charge is -2.24. The number of benzene rings is 2. The first-order valence-electron chi connectivity index (χ1n) is 8.55. The zero-order chi connectivity index (χ0) is 16.4. The van der Waals surface area contributed by atoms with E-state index < -0.39 is 0 Å². The van der Waals surface area contributed by atoms with Crippen molar-refractivity contribution >= 4 is 22.8 Å². The molecule has 0 saturated carbocycles. The van der Waals surface area contributed by atoms with Crippen LogP contribution in [0.2, 0.25) is 0 Å². The molecular weight excluding hydrogens is 284 g/mol. The van der Waals surface area contributed by atoms with Crippen molar-refractivity contribution in [3.05, 3.63) is 53.1 Å². The van der Waals surface area contributed by atoms with Gasteiger partial charge in [0.25, 0.3) is 0 Å². The first-order valence-corrected chi connectivity index (χ1v) is 8.55. The molecule has 0 aliphatic heterocycles. The largest absolute Gasteiger partial charge is 0.453 e. The summed E-state index contributed by atoms with van der Waals surface area (Å²) >= 11 is 0. The van der Waals surface area contributed by atoms with Crippen LogP contribution in [-0.4, -0.2) is 5.97 Å². The molecule has 0 fully saturated rings. The van der Waals surface area contributed by atoms with E-state index in [-0.39, 0.29) is 18.0 Å². The quantitative estimate of drug-likeness (QED) is 0.687. The predicted octanol–water partition coefficient (Wildman–Crippen LogP) is 5.45. The SMILES string of the molecule is CCCCc1ccc2cccc3c2c1C=CC3OC(=O)C(C)C. The maximum Gasteiger partial charge on any atom is 0.309 e. The Morgan fingerprint density at radius 3 is 2.78 bits per heavy atom. The molecule has 2 aromatic rings. The molecule has 0 heterocycles. The van der Waals surface area contributed by atoms with Crippen molar-refractivity contribution in [3.63, 3.8) is 0 Å². The molecule has 0 N–H and O–H groups in total. The Morgan fingerprint density at radius 2 is 2.04 bits per heavy atom. The molecule has 3 rings (SSSR count). The average Bonchev–Trinajstić information content (AvgIpc) is 2.56. The van der Waals surface area contributed by atoms with E-state index in [0.717, 1.165) is 12.0 Å². The molecule has 2 nitrogen and oxygen atoms in total. The van der Waals surface area contributed by atoms with Gasteiger partial charge >= 0.3 is 5.97 Å². The number of unbranched alkanes of at least 4 members (excludes halogenated alkanes) is 1. The molecule has 23 heavy (non-hydrogen) atoms. The van der Waals surface area contributed by atoms with Gasteiger partial charge in [0.2, 0.25) is 0 Å². The smallest absolute Gasteiger partial charge is 0.309 e. The van der Waals surface area contributed by atoms with Gasteiger partial charge < -0.3 is 4.74 Å². The molecule has 1 unspecified atom stereocenters. The van der Waals surface area contributed by atoms with Gasteiger partial charge in [-0.2, -0.15) is 0 Å². The third kappa shape index (κ3) is 3.03. The summed E-state index contributed by atoms with van der Waals surface area (Å²) in [6.07, 6.45) is 7.36. The van der Waals surface area contributed by atoms with Crippen molar-refractivity contribution in [3.8, 4) is 0 Å². The highest BCUT2D eigenvalue weighted by Gasteiger charge is 2.23. The van der Waals surface area contributed by atoms with Crippen LogP contribution < -0.4 is 0 Å². The van der Waals surface area contributed by atoms with Crippen LogP contribution in [0.1, 0.15) is 56.4 Å². The van der Waals surface area contributed by atoms with E-state index in [4.69, 9.17) is 4.74 Å². The highest BCUT2D eigenvalue weighted by atomic mass is 16.5. The molecule has 2 heteroatoms. The molecule has 1 aliphatic rings. The summed E-state index contributed by atoms with van der Waals surface area (Å²) in [6.45, 7) is 5.95. The fraction of sp³-hybridized carbons (Fsp3) is 0.381. The molecule has 0 aromatic heterocycles. The summed E-state index contributed by atoms with van der Waals surface area (Å²) in [4.78, 5) is 12.0. The average molecular weight is 308 g/mol. The molecular formula is C21H24O2. The molecule has 0 amide bonds. The summed E-state index contributed by atoms with van der Waals surface area (Å²) in [5, 5.41) is 2.46. The fourth-order valence-electron chi connectivity index (χ4n) is 3.14. The predicted molar refractivity (Wildman–Crippen MR) is 95.3 cm³/mol. The van der Waals surface area contributed by atoms with Crippen molar-refractivity contribution in [2.75, 3.05) is 0 Å². The van der Waals surface area contributed by atoms with Gasteiger partial charge in [-0.1, -0.05) is 63.6 Å². The van der Waals surface area contributed by atoms with Gasteiger partial charge in [-0.05, 0) is 40.8 Å². The van der Waals surface area contributed by atoms with E-state index in [2.05, 4.69) is 37.3 Å². The second-order valence-electron chi connectivity index (χ2n) is 6.56. The van der Waals surface area contributed by atoms with E-state index in [1.54, 1.807) is 0 Å². The Balaban J connectivity index is 2.05. The van der Waals surface area contributed by atoms with E-state index in [0.29, 0.717) is 0 Å². The van der Waals surface area contributed by atoms with Gasteiger partial charge in [0, 0.05) is 5.56 Å². The molecule has 0 saturated heterocycles. The molecule has 0 spiro atoms. The van der Waals surface area contributed by atoms with E-state index >= 15 is 0 Å². The van der Waals surface area contributed by atoms with Crippen LogP contribution in [-0.2, 0) is 16.0 Å². The molecule has 1 aliphatic carbocycles. The number of carbonyl (C=O) groups is 1. The zero-order valence-corrected chi connectivity index (χ0v) is 14.1. The number of rotatable bonds is 5. The summed E-state index contributed by atoms with van der Waals surface area (Å²) in [5.41, 5.74) is 3.78. The van der Waals surface area contributed by atoms with Crippen LogP contribution in [0, 0.1) is 5.92 Å². The lowest BCUT2D eigenvalue weighted by molar-refractivity contribution is -0.150. The Morgan fingerprint density at radius 1 is 1.22 bits per heavy atom. The van der Waals surface area contributed by atoms with Gasteiger partial charge in [-0.25, -0.2) is 0 Å². The first-order chi connectivity index (χ1) is 11.1. The minimum Gasteiger partial charge on any atom is -0.453 e. The first kappa shape index (κ1) is 15.8. The van der Waals surface area contributed by atoms with Crippen molar-refractivity contribution < 1.29 is 9.53 Å². The van der Waals surface area contributed by atoms with Crippen molar-refractivity contribution in [1.82, 2.24) is 0 Å². The zero-order valence-electron chi connectivity index (χ0n) is 14.1. The minimum absolute atomic E-state index is 0.111. The Bertz CT molecular complexity index is 756. The lowest BCUT2D eigenvalue weighted by atomic mass is 9.87. The number of hydrogen-bond donors (Lipinski definition) is 0. The number of aryl methyl sites for hydroxylation is 1. The Hall–Kier alpha value is -2.09. The van der Waals surface area contributed by atoms with Crippen LogP contribution in [0.15, 0.2) is 36.4 Å². The number of ether oxygens (including phenoxy) is 1. The maximum atomic E-state index is 12.0. The number of carbonyl (C=O) groups excluding carboxylic acids is 1. The molecule has 0 radical (unpaired) electrons. The van der Waals surface area contributed by atoms with Gasteiger partial charge in [0.15, 0.2) is 0 Å². The lowest BCUT2D eigenvalue weighted by Crippen LogP contribution is -2.16. The van der Waals surface area contributed by atoms with E-state index in [1.165, 1.54) is 34.7 Å². The van der Waals surface area contributed by atoms with Crippen LogP contribution >= 0.6 is 0 Å². The molecule has 2 aromatic carbocycles. The Kier molecular flexibility index (Phi) is 4.51. The summed E-state index contributed by atoms with van der Waals surface area (Å²) in [6, 6.07) is 10.7. The van der Waals surface area contributed by atoms with Crippen LogP contribution in [0.4, 0.5) is 0 Å². The van der Waals surface area contributed by atoms with Crippen molar-refractivity contribution in [1.29, 1.82) is 0 Å². The summed E-state index contributed by atoms with van der Waals surface area (Å²) in [7, 11) is 0. The highest BCUT2D eigenvalue weighted by Crippen LogP contribution is 2.37. The van der Waals surface area contributed by atoms with Crippen molar-refractivity contribution in [2.24, 2.45) is 5.92 Å². The number of esters is 1. The second kappa shape index (κ2) is 6.57. The summed E-state index contributed by atoms with van der Waals surface area (Å²) in [5.74, 6) is -0.262. The van der Waals surface area contributed by atoms with Crippen LogP contribution in [0.3, 0.4) is 0 Å². The summed E-state index contributed by atoms with van der Waals surface area (Å²) < 4.78 is 5.70. The standard InChI is InChI=1S/C21H24O2/c1-4-5-7-15-10-11-16-8-6-9-18-19(23-21(22)14(2)3)13-12-17(15)20(16)18/h6,8-14,19H,4-5,7H2,1-3H3. The van der Waals surface area contributed by atoms with Gasteiger partial charge in [-0.3, -0.25) is 4.79 Å². The van der Waals surface area contributed by atoms with Crippen LogP contribution in [0.25, 0.3) is 16.8 Å². The normalized spacial score (nSPS) is 16.1. The molecule has 120 valence electrons. The topological polar surface area (TPSA) is 26.3 Å². The third-order valence-electron chi connectivity index (χ3n) is 4.47. The third-order valence-corrected chi connectivity index (χ3v) is 4.47. The van der Waals surface area contributed by atoms with Crippen molar-refractivity contribution in [2.45, 2.75) is 46.1 Å². The monoisotopic (exact) mass is 308 g/mol. The Labute approximate surface area is 138 Å². The minimum atomic E-state index is -0.275. The fourth-order valence-corrected chi connectivity index (χ4v) is 3.14. The number of hydrogen-bond acceptors (Lipinski definition) is 2. The van der Waals surface area contributed by atoms with Gasteiger partial charge in [-0.15, -0.1) is 0 Å². The van der Waals surface area contributed by atoms with Gasteiger partial charge in [0.05, 0.1) is 5.92 Å². The maximum absolute atomic E-state index is 12.0. The van der Waals surface area contributed by atoms with E-state index in [1.807, 2.05) is 26.0 Å². The molecule has 0 bridgehead atoms. The molecule has 1 atom stereocenters. The van der Waals surface area contributed by atoms with Gasteiger partial charge in [0.1, 0.15) is 6.10 Å². The van der Waals surface area contributed by atoms with Crippen LogP contribution in [0.5, 0.6) is 0 Å². The highest BCUT2D eigenvalue weighted by molar-refractivity contribution is 5.97. The second-order valence-corrected chi connectivity index (χ2v) is 6.56. The van der Waals surface area contributed by atoms with E-state index in [9.17, 15) is 4.79 Å².